The molecule has 0 unspecified atom stereocenters. The van der Waals surface area contributed by atoms with Crippen LogP contribution in [0.3, 0.4) is 0 Å². The number of anilines is 1. The molecule has 0 aromatic heterocycles. The third-order valence-electron chi connectivity index (χ3n) is 6.03. The van der Waals surface area contributed by atoms with Crippen LogP contribution in [0, 0.1) is 0 Å². The van der Waals surface area contributed by atoms with Gasteiger partial charge in [-0.25, -0.2) is 0 Å². The first-order valence-electron chi connectivity index (χ1n) is 13.9. The molecule has 224 valence electrons. The first-order valence-corrected chi connectivity index (χ1v) is 13.9. The van der Waals surface area contributed by atoms with Gasteiger partial charge >= 0.3 is 0 Å². The highest BCUT2D eigenvalue weighted by Crippen LogP contribution is 2.22. The van der Waals surface area contributed by atoms with Crippen LogP contribution in [0.25, 0.3) is 0 Å². The van der Waals surface area contributed by atoms with Crippen molar-refractivity contribution in [2.24, 2.45) is 5.73 Å². The van der Waals surface area contributed by atoms with E-state index >= 15 is 0 Å². The highest BCUT2D eigenvalue weighted by molar-refractivity contribution is 5.94. The molecule has 1 rings (SSSR count). The Bertz CT molecular complexity index is 972. The molecule has 0 aliphatic rings. The summed E-state index contributed by atoms with van der Waals surface area (Å²) in [6, 6.07) is 4.52. The van der Waals surface area contributed by atoms with Crippen LogP contribution in [0.1, 0.15) is 72.1 Å². The molecule has 0 saturated heterocycles. The van der Waals surface area contributed by atoms with Crippen LogP contribution < -0.4 is 31.3 Å². The number of unbranched alkanes of at least 4 members (excludes halogenated alkanes) is 3. The monoisotopic (exact) mass is 563 g/mol. The lowest BCUT2D eigenvalue weighted by molar-refractivity contribution is -0.131. The first kappa shape index (κ1) is 34.4. The number of primary amides is 1. The van der Waals surface area contributed by atoms with Crippen molar-refractivity contribution in [1.82, 2.24) is 16.0 Å². The topological polar surface area (TPSA) is 180 Å². The van der Waals surface area contributed by atoms with Crippen molar-refractivity contribution in [2.45, 2.75) is 84.2 Å². The second-order valence-electron chi connectivity index (χ2n) is 9.51. The summed E-state index contributed by atoms with van der Waals surface area (Å²) in [5.74, 6) is -2.03. The quantitative estimate of drug-likeness (QED) is 0.148. The minimum Gasteiger partial charge on any atom is -0.484 e. The van der Waals surface area contributed by atoms with Crippen molar-refractivity contribution < 1.29 is 33.8 Å². The van der Waals surface area contributed by atoms with E-state index in [1.165, 1.54) is 11.8 Å². The molecule has 1 aromatic rings. The van der Waals surface area contributed by atoms with Crippen molar-refractivity contribution in [3.8, 4) is 5.75 Å². The number of rotatable bonds is 20. The van der Waals surface area contributed by atoms with Gasteiger partial charge in [0.2, 0.25) is 23.6 Å². The lowest BCUT2D eigenvalue weighted by Crippen LogP contribution is -2.52. The van der Waals surface area contributed by atoms with Crippen LogP contribution in [-0.2, 0) is 24.0 Å². The zero-order chi connectivity index (χ0) is 29.9. The van der Waals surface area contributed by atoms with E-state index in [1.54, 1.807) is 24.3 Å². The van der Waals surface area contributed by atoms with Crippen LogP contribution in [0.5, 0.6) is 5.75 Å². The van der Waals surface area contributed by atoms with Crippen LogP contribution in [0.4, 0.5) is 5.69 Å². The number of nitrogens with zero attached hydrogens (tertiary/aromatic N) is 1. The fraction of sp³-hybridized carbons (Fsp3) is 0.607. The molecule has 0 aliphatic heterocycles. The first-order chi connectivity index (χ1) is 19.1. The van der Waals surface area contributed by atoms with Gasteiger partial charge in [-0.15, -0.1) is 0 Å². The van der Waals surface area contributed by atoms with Crippen molar-refractivity contribution in [3.63, 3.8) is 0 Å². The van der Waals surface area contributed by atoms with Gasteiger partial charge < -0.3 is 36.4 Å². The standard InChI is InChI=1S/C28H45N5O7/c1-4-6-7-8-15-30-24(35)14-13-23(27(29)38)32-28(39)20(3)31-25(36)19-40-22-12-9-11-21(18-22)33(16-17-34)26(37)10-5-2/h9,11-12,18,20,23,34H,4-8,10,13-17,19H2,1-3H3,(H2,29,38)(H,30,35)(H,31,36)(H,32,39)/t20-,23+/m0/s1. The van der Waals surface area contributed by atoms with Crippen molar-refractivity contribution >= 4 is 35.2 Å². The van der Waals surface area contributed by atoms with Gasteiger partial charge in [0.25, 0.3) is 5.91 Å². The van der Waals surface area contributed by atoms with Gasteiger partial charge in [0.05, 0.1) is 6.61 Å². The molecule has 5 amide bonds. The predicted molar refractivity (Wildman–Crippen MR) is 151 cm³/mol. The number of ether oxygens (including phenoxy) is 1. The van der Waals surface area contributed by atoms with Crippen molar-refractivity contribution in [1.29, 1.82) is 0 Å². The van der Waals surface area contributed by atoms with Crippen molar-refractivity contribution in [3.05, 3.63) is 24.3 Å². The zero-order valence-electron chi connectivity index (χ0n) is 23.9. The highest BCUT2D eigenvalue weighted by atomic mass is 16.5. The van der Waals surface area contributed by atoms with Gasteiger partial charge in [0.1, 0.15) is 17.8 Å². The fourth-order valence-electron chi connectivity index (χ4n) is 3.81. The number of hydrogen-bond donors (Lipinski definition) is 5. The summed E-state index contributed by atoms with van der Waals surface area (Å²) in [6.45, 7) is 5.52. The Balaban J connectivity index is 2.56. The summed E-state index contributed by atoms with van der Waals surface area (Å²) in [4.78, 5) is 62.6. The van der Waals surface area contributed by atoms with Gasteiger partial charge in [-0.05, 0) is 38.3 Å². The molecule has 0 saturated carbocycles. The molecular weight excluding hydrogens is 518 g/mol. The lowest BCUT2D eigenvalue weighted by atomic mass is 10.1. The summed E-state index contributed by atoms with van der Waals surface area (Å²) in [7, 11) is 0. The number of carbonyl (C=O) groups is 5. The Morgan fingerprint density at radius 2 is 1.75 bits per heavy atom. The summed E-state index contributed by atoms with van der Waals surface area (Å²) >= 11 is 0. The third-order valence-corrected chi connectivity index (χ3v) is 6.03. The predicted octanol–water partition coefficient (Wildman–Crippen LogP) is 1.14. The Hall–Kier alpha value is -3.67. The maximum Gasteiger partial charge on any atom is 0.258 e. The van der Waals surface area contributed by atoms with Gasteiger partial charge in [-0.2, -0.15) is 0 Å². The van der Waals surface area contributed by atoms with Gasteiger partial charge in [-0.1, -0.05) is 39.2 Å². The number of nitrogens with two attached hydrogens (primary N) is 1. The molecule has 0 spiro atoms. The summed E-state index contributed by atoms with van der Waals surface area (Å²) in [5.41, 5.74) is 5.92. The molecule has 1 aromatic carbocycles. The smallest absolute Gasteiger partial charge is 0.258 e. The van der Waals surface area contributed by atoms with Crippen LogP contribution in [0.2, 0.25) is 0 Å². The van der Waals surface area contributed by atoms with E-state index in [4.69, 9.17) is 10.5 Å². The van der Waals surface area contributed by atoms with E-state index in [0.717, 1.165) is 25.7 Å². The number of aliphatic hydroxyl groups excluding tert-OH is 1. The van der Waals surface area contributed by atoms with Crippen LogP contribution in [-0.4, -0.2) is 73.0 Å². The Morgan fingerprint density at radius 3 is 2.40 bits per heavy atom. The maximum absolute atomic E-state index is 12.6. The molecular formula is C28H45N5O7. The molecule has 12 heteroatoms. The fourth-order valence-corrected chi connectivity index (χ4v) is 3.81. The number of carbonyl (C=O) groups excluding carboxylic acids is 5. The largest absolute Gasteiger partial charge is 0.484 e. The SMILES string of the molecule is CCCCCCNC(=O)CC[C@@H](NC(=O)[C@H](C)NC(=O)COc1cccc(N(CCO)C(=O)CCC)c1)C(N)=O. The second kappa shape index (κ2) is 19.4. The highest BCUT2D eigenvalue weighted by Gasteiger charge is 2.23. The Labute approximate surface area is 236 Å². The van der Waals surface area contributed by atoms with Crippen molar-refractivity contribution in [2.75, 3.05) is 31.2 Å². The molecule has 0 bridgehead atoms. The molecule has 40 heavy (non-hydrogen) atoms. The Morgan fingerprint density at radius 1 is 1.00 bits per heavy atom. The number of amides is 5. The van der Waals surface area contributed by atoms with E-state index < -0.39 is 36.4 Å². The average Bonchev–Trinajstić information content (AvgIpc) is 2.92. The van der Waals surface area contributed by atoms with Gasteiger partial charge in [0, 0.05) is 37.7 Å². The minimum atomic E-state index is -1.06. The molecule has 12 nitrogen and oxygen atoms in total. The average molecular weight is 564 g/mol. The van der Waals surface area contributed by atoms with Crippen LogP contribution >= 0.6 is 0 Å². The minimum absolute atomic E-state index is 0.0229. The molecule has 0 fully saturated rings. The number of benzene rings is 1. The summed E-state index contributed by atoms with van der Waals surface area (Å²) < 4.78 is 5.53. The van der Waals surface area contributed by atoms with E-state index in [2.05, 4.69) is 22.9 Å². The van der Waals surface area contributed by atoms with E-state index in [0.29, 0.717) is 30.8 Å². The second-order valence-corrected chi connectivity index (χ2v) is 9.51. The van der Waals surface area contributed by atoms with Gasteiger partial charge in [-0.3, -0.25) is 24.0 Å². The normalized spacial score (nSPS) is 12.1. The number of hydrogen-bond acceptors (Lipinski definition) is 7. The molecule has 0 heterocycles. The summed E-state index contributed by atoms with van der Waals surface area (Å²) in [6.07, 6.45) is 5.16. The lowest BCUT2D eigenvalue weighted by Gasteiger charge is -2.22. The molecule has 2 atom stereocenters. The van der Waals surface area contributed by atoms with E-state index in [-0.39, 0.29) is 37.8 Å². The molecule has 0 aliphatic carbocycles. The van der Waals surface area contributed by atoms with Gasteiger partial charge in [0.15, 0.2) is 6.61 Å². The third kappa shape index (κ3) is 13.4. The number of nitrogens with one attached hydrogen (secondary N) is 3. The molecule has 6 N–H and O–H groups in total. The number of aliphatic hydroxyl groups is 1. The summed E-state index contributed by atoms with van der Waals surface area (Å²) in [5, 5.41) is 17.1. The van der Waals surface area contributed by atoms with E-state index in [1.807, 2.05) is 6.92 Å². The molecule has 0 radical (unpaired) electrons. The van der Waals surface area contributed by atoms with E-state index in [9.17, 15) is 29.1 Å². The Kier molecular flexibility index (Phi) is 16.7. The van der Waals surface area contributed by atoms with Crippen LogP contribution in [0.15, 0.2) is 24.3 Å². The zero-order valence-corrected chi connectivity index (χ0v) is 23.9. The maximum atomic E-state index is 12.6.